The van der Waals surface area contributed by atoms with Crippen molar-refractivity contribution in [2.45, 2.75) is 64.7 Å². The second-order valence-electron chi connectivity index (χ2n) is 6.07. The SMILES string of the molecule is CCCCCCCCCCNC(=O)NCCc1ccc(O)cc1. The molecule has 0 fully saturated rings. The number of hydrogen-bond acceptors (Lipinski definition) is 2. The number of aromatic hydroxyl groups is 1. The van der Waals surface area contributed by atoms with Gasteiger partial charge in [-0.3, -0.25) is 0 Å². The van der Waals surface area contributed by atoms with E-state index in [1.54, 1.807) is 12.1 Å². The van der Waals surface area contributed by atoms with Gasteiger partial charge in [0.1, 0.15) is 5.75 Å². The van der Waals surface area contributed by atoms with Gasteiger partial charge in [-0.25, -0.2) is 4.79 Å². The molecule has 130 valence electrons. The number of carbonyl (C=O) groups is 1. The molecule has 0 aliphatic heterocycles. The Kier molecular flexibility index (Phi) is 10.8. The fourth-order valence-electron chi connectivity index (χ4n) is 2.51. The molecule has 4 nitrogen and oxygen atoms in total. The van der Waals surface area contributed by atoms with Gasteiger partial charge in [0.15, 0.2) is 0 Å². The number of rotatable bonds is 12. The molecule has 0 saturated carbocycles. The molecule has 1 aromatic carbocycles. The molecule has 0 bridgehead atoms. The molecule has 1 rings (SSSR count). The van der Waals surface area contributed by atoms with Gasteiger partial charge in [0.25, 0.3) is 0 Å². The van der Waals surface area contributed by atoms with E-state index in [9.17, 15) is 9.90 Å². The Hall–Kier alpha value is -1.71. The first kappa shape index (κ1) is 19.3. The number of unbranched alkanes of at least 4 members (excludes halogenated alkanes) is 7. The van der Waals surface area contributed by atoms with Crippen LogP contribution in [0.1, 0.15) is 63.9 Å². The molecule has 0 radical (unpaired) electrons. The Morgan fingerprint density at radius 3 is 2.09 bits per heavy atom. The van der Waals surface area contributed by atoms with Crippen molar-refractivity contribution in [2.75, 3.05) is 13.1 Å². The number of phenols is 1. The molecule has 23 heavy (non-hydrogen) atoms. The molecule has 0 atom stereocenters. The molecule has 0 saturated heterocycles. The first-order valence-corrected chi connectivity index (χ1v) is 9.02. The van der Waals surface area contributed by atoms with Crippen molar-refractivity contribution in [2.24, 2.45) is 0 Å². The van der Waals surface area contributed by atoms with E-state index in [0.29, 0.717) is 6.54 Å². The highest BCUT2D eigenvalue weighted by Gasteiger charge is 1.99. The Morgan fingerprint density at radius 2 is 1.43 bits per heavy atom. The summed E-state index contributed by atoms with van der Waals surface area (Å²) < 4.78 is 0. The zero-order valence-electron chi connectivity index (χ0n) is 14.4. The maximum Gasteiger partial charge on any atom is 0.314 e. The van der Waals surface area contributed by atoms with Crippen LogP contribution in [-0.2, 0) is 6.42 Å². The topological polar surface area (TPSA) is 61.4 Å². The van der Waals surface area contributed by atoms with Gasteiger partial charge in [0, 0.05) is 13.1 Å². The highest BCUT2D eigenvalue weighted by Crippen LogP contribution is 2.09. The maximum atomic E-state index is 11.6. The first-order chi connectivity index (χ1) is 11.2. The highest BCUT2D eigenvalue weighted by atomic mass is 16.3. The molecule has 1 aromatic rings. The third-order valence-electron chi connectivity index (χ3n) is 3.95. The van der Waals surface area contributed by atoms with Crippen LogP contribution in [0.2, 0.25) is 0 Å². The van der Waals surface area contributed by atoms with Crippen molar-refractivity contribution >= 4 is 6.03 Å². The van der Waals surface area contributed by atoms with Crippen LogP contribution in [-0.4, -0.2) is 24.2 Å². The summed E-state index contributed by atoms with van der Waals surface area (Å²) in [6.07, 6.45) is 11.0. The van der Waals surface area contributed by atoms with Gasteiger partial charge in [-0.05, 0) is 30.5 Å². The lowest BCUT2D eigenvalue weighted by molar-refractivity contribution is 0.241. The summed E-state index contributed by atoms with van der Waals surface area (Å²) in [7, 11) is 0. The standard InChI is InChI=1S/C19H32N2O2/c1-2-3-4-5-6-7-8-9-15-20-19(23)21-16-14-17-10-12-18(22)13-11-17/h10-13,22H,2-9,14-16H2,1H3,(H2,20,21,23). The predicted octanol–water partition coefficient (Wildman–Crippen LogP) is 4.37. The molecule has 3 N–H and O–H groups in total. The van der Waals surface area contributed by atoms with Crippen LogP contribution in [0.15, 0.2) is 24.3 Å². The molecule has 0 aliphatic rings. The minimum atomic E-state index is -0.0910. The number of benzene rings is 1. The van der Waals surface area contributed by atoms with Gasteiger partial charge in [0.2, 0.25) is 0 Å². The fourth-order valence-corrected chi connectivity index (χ4v) is 2.51. The third kappa shape index (κ3) is 10.6. The van der Waals surface area contributed by atoms with Crippen molar-refractivity contribution in [1.82, 2.24) is 10.6 Å². The molecule has 4 heteroatoms. The van der Waals surface area contributed by atoms with Crippen molar-refractivity contribution in [3.63, 3.8) is 0 Å². The quantitative estimate of drug-likeness (QED) is 0.501. The summed E-state index contributed by atoms with van der Waals surface area (Å²) in [5.74, 6) is 0.268. The first-order valence-electron chi connectivity index (χ1n) is 9.02. The van der Waals surface area contributed by atoms with E-state index in [0.717, 1.165) is 24.9 Å². The van der Waals surface area contributed by atoms with Crippen LogP contribution < -0.4 is 10.6 Å². The maximum absolute atomic E-state index is 11.6. The van der Waals surface area contributed by atoms with E-state index in [-0.39, 0.29) is 11.8 Å². The van der Waals surface area contributed by atoms with Crippen molar-refractivity contribution in [3.8, 4) is 5.75 Å². The van der Waals surface area contributed by atoms with E-state index < -0.39 is 0 Å². The summed E-state index contributed by atoms with van der Waals surface area (Å²) in [5, 5.41) is 15.0. The van der Waals surface area contributed by atoms with Gasteiger partial charge in [0.05, 0.1) is 0 Å². The molecule has 0 unspecified atom stereocenters. The number of amides is 2. The number of nitrogens with one attached hydrogen (secondary N) is 2. The molecular weight excluding hydrogens is 288 g/mol. The minimum Gasteiger partial charge on any atom is -0.508 e. The van der Waals surface area contributed by atoms with Crippen LogP contribution in [0.4, 0.5) is 4.79 Å². The fraction of sp³-hybridized carbons (Fsp3) is 0.632. The zero-order valence-corrected chi connectivity index (χ0v) is 14.4. The second kappa shape index (κ2) is 12.8. The van der Waals surface area contributed by atoms with Crippen LogP contribution >= 0.6 is 0 Å². The summed E-state index contributed by atoms with van der Waals surface area (Å²) in [5.41, 5.74) is 1.10. The zero-order chi connectivity index (χ0) is 16.8. The number of urea groups is 1. The monoisotopic (exact) mass is 320 g/mol. The van der Waals surface area contributed by atoms with Gasteiger partial charge in [-0.1, -0.05) is 64.0 Å². The van der Waals surface area contributed by atoms with Crippen molar-refractivity contribution in [3.05, 3.63) is 29.8 Å². The average Bonchev–Trinajstić information content (AvgIpc) is 2.55. The van der Waals surface area contributed by atoms with E-state index >= 15 is 0 Å². The third-order valence-corrected chi connectivity index (χ3v) is 3.95. The molecular formula is C19H32N2O2. The minimum absolute atomic E-state index is 0.0910. The summed E-state index contributed by atoms with van der Waals surface area (Å²) in [6, 6.07) is 6.98. The van der Waals surface area contributed by atoms with Gasteiger partial charge < -0.3 is 15.7 Å². The molecule has 0 aliphatic carbocycles. The van der Waals surface area contributed by atoms with E-state index in [1.807, 2.05) is 12.1 Å². The molecule has 2 amide bonds. The predicted molar refractivity (Wildman–Crippen MR) is 95.8 cm³/mol. The van der Waals surface area contributed by atoms with Gasteiger partial charge in [-0.15, -0.1) is 0 Å². The largest absolute Gasteiger partial charge is 0.508 e. The summed E-state index contributed by atoms with van der Waals surface area (Å²) in [4.78, 5) is 11.6. The Morgan fingerprint density at radius 1 is 0.870 bits per heavy atom. The number of phenolic OH excluding ortho intramolecular Hbond substituents is 1. The van der Waals surface area contributed by atoms with Gasteiger partial charge >= 0.3 is 6.03 Å². The summed E-state index contributed by atoms with van der Waals surface area (Å²) in [6.45, 7) is 3.59. The molecule has 0 heterocycles. The van der Waals surface area contributed by atoms with E-state index in [2.05, 4.69) is 17.6 Å². The van der Waals surface area contributed by atoms with E-state index in [4.69, 9.17) is 0 Å². The Bertz CT molecular complexity index is 418. The van der Waals surface area contributed by atoms with Gasteiger partial charge in [-0.2, -0.15) is 0 Å². The van der Waals surface area contributed by atoms with Crippen LogP contribution in [0, 0.1) is 0 Å². The lowest BCUT2D eigenvalue weighted by Gasteiger charge is -2.08. The van der Waals surface area contributed by atoms with E-state index in [1.165, 1.54) is 44.9 Å². The van der Waals surface area contributed by atoms with Crippen molar-refractivity contribution in [1.29, 1.82) is 0 Å². The lowest BCUT2D eigenvalue weighted by Crippen LogP contribution is -2.37. The highest BCUT2D eigenvalue weighted by molar-refractivity contribution is 5.73. The van der Waals surface area contributed by atoms with Crippen LogP contribution in [0.25, 0.3) is 0 Å². The normalized spacial score (nSPS) is 10.5. The second-order valence-corrected chi connectivity index (χ2v) is 6.07. The Labute approximate surface area is 140 Å². The number of carbonyl (C=O) groups excluding carboxylic acids is 1. The average molecular weight is 320 g/mol. The smallest absolute Gasteiger partial charge is 0.314 e. The molecule has 0 aromatic heterocycles. The lowest BCUT2D eigenvalue weighted by atomic mass is 10.1. The van der Waals surface area contributed by atoms with Crippen LogP contribution in [0.5, 0.6) is 5.75 Å². The van der Waals surface area contributed by atoms with Crippen LogP contribution in [0.3, 0.4) is 0 Å². The van der Waals surface area contributed by atoms with Crippen molar-refractivity contribution < 1.29 is 9.90 Å². The Balaban J connectivity index is 1.91. The molecule has 0 spiro atoms. The number of hydrogen-bond donors (Lipinski definition) is 3. The summed E-state index contributed by atoms with van der Waals surface area (Å²) >= 11 is 0.